The molecule has 1 aromatic heterocycles. The molecule has 2 aromatic rings. The van der Waals surface area contributed by atoms with Crippen LogP contribution in [-0.4, -0.2) is 37.6 Å². The number of thiophene rings is 1. The first kappa shape index (κ1) is 14.1. The number of benzene rings is 1. The number of carbonyl (C=O) groups is 1. The highest BCUT2D eigenvalue weighted by Gasteiger charge is 2.26. The van der Waals surface area contributed by atoms with Crippen LogP contribution in [0.1, 0.15) is 21.3 Å². The van der Waals surface area contributed by atoms with Gasteiger partial charge in [0.1, 0.15) is 5.75 Å². The average molecular weight is 302 g/mol. The third-order valence-corrected chi connectivity index (χ3v) is 4.57. The number of hydrogen-bond donors (Lipinski definition) is 1. The lowest BCUT2D eigenvalue weighted by molar-refractivity contribution is 0.0707. The summed E-state index contributed by atoms with van der Waals surface area (Å²) in [4.78, 5) is 15.2. The van der Waals surface area contributed by atoms with Gasteiger partial charge in [-0.2, -0.15) is 0 Å². The highest BCUT2D eigenvalue weighted by Crippen LogP contribution is 2.27. The average Bonchev–Trinajstić information content (AvgIpc) is 3.08. The molecule has 1 atom stereocenters. The summed E-state index contributed by atoms with van der Waals surface area (Å²) in [5.41, 5.74) is 1.10. The first-order valence-corrected chi connectivity index (χ1v) is 7.86. The van der Waals surface area contributed by atoms with Crippen LogP contribution in [-0.2, 0) is 0 Å². The largest absolute Gasteiger partial charge is 0.496 e. The minimum absolute atomic E-state index is 0.110. The number of carbonyl (C=O) groups excluding carboxylic acids is 1. The zero-order valence-electron chi connectivity index (χ0n) is 11.9. The SMILES string of the molecule is COc1ccccc1[C@H]1CN(C(=O)c2cccs2)CCN1. The van der Waals surface area contributed by atoms with Gasteiger partial charge < -0.3 is 15.0 Å². The molecule has 1 aliphatic rings. The minimum Gasteiger partial charge on any atom is -0.496 e. The summed E-state index contributed by atoms with van der Waals surface area (Å²) in [6, 6.07) is 11.9. The van der Waals surface area contributed by atoms with E-state index in [1.165, 1.54) is 11.3 Å². The van der Waals surface area contributed by atoms with Crippen LogP contribution in [0.5, 0.6) is 5.75 Å². The van der Waals surface area contributed by atoms with Crippen molar-refractivity contribution in [2.75, 3.05) is 26.7 Å². The van der Waals surface area contributed by atoms with Crippen molar-refractivity contribution in [3.8, 4) is 5.75 Å². The van der Waals surface area contributed by atoms with Gasteiger partial charge in [0.15, 0.2) is 0 Å². The number of hydrogen-bond acceptors (Lipinski definition) is 4. The van der Waals surface area contributed by atoms with Crippen LogP contribution < -0.4 is 10.1 Å². The zero-order valence-corrected chi connectivity index (χ0v) is 12.7. The minimum atomic E-state index is 0.110. The Labute approximate surface area is 128 Å². The van der Waals surface area contributed by atoms with E-state index in [2.05, 4.69) is 11.4 Å². The summed E-state index contributed by atoms with van der Waals surface area (Å²) >= 11 is 1.49. The van der Waals surface area contributed by atoms with E-state index < -0.39 is 0 Å². The first-order chi connectivity index (χ1) is 10.3. The van der Waals surface area contributed by atoms with Crippen LogP contribution in [0.3, 0.4) is 0 Å². The number of amides is 1. The molecule has 1 saturated heterocycles. The van der Waals surface area contributed by atoms with Gasteiger partial charge in [0.25, 0.3) is 5.91 Å². The lowest BCUT2D eigenvalue weighted by Gasteiger charge is -2.34. The van der Waals surface area contributed by atoms with Crippen molar-refractivity contribution < 1.29 is 9.53 Å². The highest BCUT2D eigenvalue weighted by molar-refractivity contribution is 7.12. The van der Waals surface area contributed by atoms with Crippen LogP contribution in [0.15, 0.2) is 41.8 Å². The van der Waals surface area contributed by atoms with Crippen molar-refractivity contribution in [2.24, 2.45) is 0 Å². The number of methoxy groups -OCH3 is 1. The fraction of sp³-hybridized carbons (Fsp3) is 0.312. The molecular formula is C16H18N2O2S. The van der Waals surface area contributed by atoms with E-state index in [1.54, 1.807) is 7.11 Å². The van der Waals surface area contributed by atoms with Gasteiger partial charge in [-0.15, -0.1) is 11.3 Å². The summed E-state index contributed by atoms with van der Waals surface area (Å²) in [5, 5.41) is 5.41. The molecule has 1 fully saturated rings. The predicted octanol–water partition coefficient (Wildman–Crippen LogP) is 2.54. The molecule has 2 heterocycles. The molecule has 21 heavy (non-hydrogen) atoms. The molecule has 1 aliphatic heterocycles. The summed E-state index contributed by atoms with van der Waals surface area (Å²) < 4.78 is 5.43. The van der Waals surface area contributed by atoms with Crippen molar-refractivity contribution in [2.45, 2.75) is 6.04 Å². The first-order valence-electron chi connectivity index (χ1n) is 6.98. The smallest absolute Gasteiger partial charge is 0.264 e. The maximum atomic E-state index is 12.5. The Morgan fingerprint density at radius 2 is 2.19 bits per heavy atom. The van der Waals surface area contributed by atoms with Gasteiger partial charge >= 0.3 is 0 Å². The van der Waals surface area contributed by atoms with E-state index in [1.807, 2.05) is 40.6 Å². The number of ether oxygens (including phenoxy) is 1. The standard InChI is InChI=1S/C16H18N2O2S/c1-20-14-6-3-2-5-12(14)13-11-18(9-8-17-13)16(19)15-7-4-10-21-15/h2-7,10,13,17H,8-9,11H2,1H3/t13-/m1/s1. The summed E-state index contributed by atoms with van der Waals surface area (Å²) in [7, 11) is 1.68. The highest BCUT2D eigenvalue weighted by atomic mass is 32.1. The fourth-order valence-corrected chi connectivity index (χ4v) is 3.34. The van der Waals surface area contributed by atoms with Crippen molar-refractivity contribution in [3.63, 3.8) is 0 Å². The van der Waals surface area contributed by atoms with Gasteiger partial charge in [0, 0.05) is 25.2 Å². The molecule has 1 N–H and O–H groups in total. The third-order valence-electron chi connectivity index (χ3n) is 3.71. The maximum Gasteiger partial charge on any atom is 0.264 e. The van der Waals surface area contributed by atoms with Crippen molar-refractivity contribution in [1.29, 1.82) is 0 Å². The Balaban J connectivity index is 1.78. The molecule has 110 valence electrons. The van der Waals surface area contributed by atoms with Crippen LogP contribution in [0.2, 0.25) is 0 Å². The van der Waals surface area contributed by atoms with E-state index in [-0.39, 0.29) is 11.9 Å². The topological polar surface area (TPSA) is 41.6 Å². The lowest BCUT2D eigenvalue weighted by atomic mass is 10.0. The molecule has 0 radical (unpaired) electrons. The van der Waals surface area contributed by atoms with Crippen molar-refractivity contribution in [1.82, 2.24) is 10.2 Å². The van der Waals surface area contributed by atoms with Crippen molar-refractivity contribution >= 4 is 17.2 Å². The van der Waals surface area contributed by atoms with E-state index >= 15 is 0 Å². The van der Waals surface area contributed by atoms with Gasteiger partial charge in [-0.05, 0) is 17.5 Å². The van der Waals surface area contributed by atoms with E-state index in [0.29, 0.717) is 6.54 Å². The van der Waals surface area contributed by atoms with E-state index in [4.69, 9.17) is 4.74 Å². The number of nitrogens with zero attached hydrogens (tertiary/aromatic N) is 1. The quantitative estimate of drug-likeness (QED) is 0.947. The molecule has 5 heteroatoms. The molecule has 0 aliphatic carbocycles. The van der Waals surface area contributed by atoms with Gasteiger partial charge in [-0.25, -0.2) is 0 Å². The Hall–Kier alpha value is -1.85. The van der Waals surface area contributed by atoms with Crippen LogP contribution in [0.25, 0.3) is 0 Å². The van der Waals surface area contributed by atoms with Gasteiger partial charge in [-0.3, -0.25) is 4.79 Å². The van der Waals surface area contributed by atoms with Gasteiger partial charge in [0.2, 0.25) is 0 Å². The summed E-state index contributed by atoms with van der Waals surface area (Å²) in [6.45, 7) is 2.19. The number of nitrogens with one attached hydrogen (secondary N) is 1. The van der Waals surface area contributed by atoms with Crippen molar-refractivity contribution in [3.05, 3.63) is 52.2 Å². The number of piperazine rings is 1. The third kappa shape index (κ3) is 2.94. The molecule has 0 bridgehead atoms. The zero-order chi connectivity index (χ0) is 14.7. The fourth-order valence-electron chi connectivity index (χ4n) is 2.65. The Morgan fingerprint density at radius 3 is 2.95 bits per heavy atom. The molecule has 4 nitrogen and oxygen atoms in total. The second-order valence-corrected chi connectivity index (χ2v) is 5.92. The Bertz CT molecular complexity index is 612. The molecule has 1 aromatic carbocycles. The number of rotatable bonds is 3. The maximum absolute atomic E-state index is 12.5. The Morgan fingerprint density at radius 1 is 1.33 bits per heavy atom. The summed E-state index contributed by atoms with van der Waals surface area (Å²) in [6.07, 6.45) is 0. The van der Waals surface area contributed by atoms with E-state index in [0.717, 1.165) is 29.3 Å². The molecule has 1 amide bonds. The second kappa shape index (κ2) is 6.28. The summed E-state index contributed by atoms with van der Waals surface area (Å²) in [5.74, 6) is 0.979. The molecule has 0 spiro atoms. The van der Waals surface area contributed by atoms with Crippen LogP contribution in [0.4, 0.5) is 0 Å². The number of para-hydroxylation sites is 1. The lowest BCUT2D eigenvalue weighted by Crippen LogP contribution is -2.48. The normalized spacial score (nSPS) is 18.5. The molecule has 3 rings (SSSR count). The van der Waals surface area contributed by atoms with Crippen LogP contribution >= 0.6 is 11.3 Å². The Kier molecular flexibility index (Phi) is 4.22. The van der Waals surface area contributed by atoms with Crippen LogP contribution in [0, 0.1) is 0 Å². The van der Waals surface area contributed by atoms with Gasteiger partial charge in [-0.1, -0.05) is 24.3 Å². The molecule has 0 unspecified atom stereocenters. The van der Waals surface area contributed by atoms with Gasteiger partial charge in [0.05, 0.1) is 18.0 Å². The monoisotopic (exact) mass is 302 g/mol. The molecule has 0 saturated carbocycles. The predicted molar refractivity (Wildman–Crippen MR) is 84.0 cm³/mol. The van der Waals surface area contributed by atoms with E-state index in [9.17, 15) is 4.79 Å². The second-order valence-electron chi connectivity index (χ2n) is 4.98. The molecular weight excluding hydrogens is 284 g/mol.